The predicted molar refractivity (Wildman–Crippen MR) is 47.8 cm³/mol. The Bertz CT molecular complexity index is 287. The summed E-state index contributed by atoms with van der Waals surface area (Å²) in [6.45, 7) is 0. The van der Waals surface area contributed by atoms with E-state index in [9.17, 15) is 9.59 Å². The van der Waals surface area contributed by atoms with Crippen LogP contribution in [0.1, 0.15) is 0 Å². The number of hydrogen-bond acceptors (Lipinski definition) is 2. The van der Waals surface area contributed by atoms with Crippen molar-refractivity contribution in [2.24, 2.45) is 0 Å². The van der Waals surface area contributed by atoms with Crippen LogP contribution >= 0.6 is 0 Å². The number of carbonyl (C=O) groups excluding carboxylic acids is 2. The second kappa shape index (κ2) is 4.76. The van der Waals surface area contributed by atoms with Gasteiger partial charge in [-0.15, -0.1) is 0 Å². The Kier molecular flexibility index (Phi) is 3.31. The topological polar surface area (TPSA) is 70.2 Å². The molecule has 0 aliphatic carbocycles. The molecule has 0 radical (unpaired) electrons. The van der Waals surface area contributed by atoms with Crippen molar-refractivity contribution in [2.45, 2.75) is 0 Å². The van der Waals surface area contributed by atoms with E-state index >= 15 is 0 Å². The maximum Gasteiger partial charge on any atom is 0.337 e. The molecule has 0 spiro atoms. The summed E-state index contributed by atoms with van der Waals surface area (Å²) in [7, 11) is 0. The van der Waals surface area contributed by atoms with E-state index in [1.165, 1.54) is 0 Å². The van der Waals surface area contributed by atoms with Crippen molar-refractivity contribution in [1.29, 1.82) is 0 Å². The minimum absolute atomic E-state index is 0.380. The molecule has 68 valence electrons. The van der Waals surface area contributed by atoms with Crippen molar-refractivity contribution in [3.05, 3.63) is 30.3 Å². The molecule has 0 bridgehead atoms. The summed E-state index contributed by atoms with van der Waals surface area (Å²) in [5.41, 5.74) is 4.80. The van der Waals surface area contributed by atoms with E-state index in [0.29, 0.717) is 12.1 Å². The van der Waals surface area contributed by atoms with Crippen LogP contribution in [-0.2, 0) is 4.79 Å². The van der Waals surface area contributed by atoms with Crippen molar-refractivity contribution in [3.8, 4) is 0 Å². The third-order valence-electron chi connectivity index (χ3n) is 1.28. The van der Waals surface area contributed by atoms with Crippen molar-refractivity contribution in [1.82, 2.24) is 10.9 Å². The Hall–Kier alpha value is -2.04. The highest BCUT2D eigenvalue weighted by Crippen LogP contribution is 2.03. The molecule has 0 aliphatic rings. The first-order valence-electron chi connectivity index (χ1n) is 3.64. The van der Waals surface area contributed by atoms with Crippen molar-refractivity contribution in [3.63, 3.8) is 0 Å². The van der Waals surface area contributed by atoms with E-state index in [0.717, 1.165) is 0 Å². The summed E-state index contributed by atoms with van der Waals surface area (Å²) in [5.74, 6) is 0. The van der Waals surface area contributed by atoms with Gasteiger partial charge in [0.25, 0.3) is 0 Å². The highest BCUT2D eigenvalue weighted by atomic mass is 16.2. The molecule has 3 N–H and O–H groups in total. The minimum Gasteiger partial charge on any atom is -0.307 e. The van der Waals surface area contributed by atoms with Crippen LogP contribution in [0.3, 0.4) is 0 Å². The molecular formula is C8H9N3O2. The number of hydrazine groups is 1. The molecule has 1 rings (SSSR count). The Morgan fingerprint density at radius 3 is 2.54 bits per heavy atom. The molecule has 0 saturated carbocycles. The largest absolute Gasteiger partial charge is 0.337 e. The molecule has 0 aromatic heterocycles. The zero-order valence-corrected chi connectivity index (χ0v) is 6.78. The standard InChI is InChI=1S/C8H9N3O2/c12-6-9-11-8(13)10-7-4-2-1-3-5-7/h1-6H,(H,9,12)(H2,10,11,13). The summed E-state index contributed by atoms with van der Waals surface area (Å²) < 4.78 is 0. The van der Waals surface area contributed by atoms with E-state index in [-0.39, 0.29) is 0 Å². The molecule has 5 heteroatoms. The average Bonchev–Trinajstić information content (AvgIpc) is 2.16. The Morgan fingerprint density at radius 2 is 1.92 bits per heavy atom. The molecule has 5 nitrogen and oxygen atoms in total. The number of benzene rings is 1. The number of para-hydroxylation sites is 1. The van der Waals surface area contributed by atoms with E-state index < -0.39 is 6.03 Å². The van der Waals surface area contributed by atoms with Crippen molar-refractivity contribution in [2.75, 3.05) is 5.32 Å². The number of amides is 3. The fraction of sp³-hybridized carbons (Fsp3) is 0. The summed E-state index contributed by atoms with van der Waals surface area (Å²) in [6.07, 6.45) is 0.380. The summed E-state index contributed by atoms with van der Waals surface area (Å²) >= 11 is 0. The van der Waals surface area contributed by atoms with Gasteiger partial charge in [-0.1, -0.05) is 18.2 Å². The molecule has 0 heterocycles. The fourth-order valence-electron chi connectivity index (χ4n) is 0.779. The lowest BCUT2D eigenvalue weighted by Gasteiger charge is -2.04. The highest BCUT2D eigenvalue weighted by Gasteiger charge is 1.97. The summed E-state index contributed by atoms with van der Waals surface area (Å²) in [6, 6.07) is 8.41. The first-order chi connectivity index (χ1) is 6.33. The van der Waals surface area contributed by atoms with E-state index in [2.05, 4.69) is 10.7 Å². The van der Waals surface area contributed by atoms with Gasteiger partial charge in [0.15, 0.2) is 0 Å². The SMILES string of the molecule is O=CNNC(=O)Nc1ccccc1. The van der Waals surface area contributed by atoms with Gasteiger partial charge >= 0.3 is 6.03 Å². The molecule has 0 fully saturated rings. The van der Waals surface area contributed by atoms with Crippen LogP contribution in [0.15, 0.2) is 30.3 Å². The first-order valence-corrected chi connectivity index (χ1v) is 3.64. The van der Waals surface area contributed by atoms with Crippen LogP contribution in [0.2, 0.25) is 0 Å². The number of hydrogen-bond donors (Lipinski definition) is 3. The lowest BCUT2D eigenvalue weighted by atomic mass is 10.3. The van der Waals surface area contributed by atoms with Gasteiger partial charge in [0.05, 0.1) is 0 Å². The van der Waals surface area contributed by atoms with E-state index in [1.807, 2.05) is 11.5 Å². The van der Waals surface area contributed by atoms with Gasteiger partial charge in [-0.05, 0) is 12.1 Å². The van der Waals surface area contributed by atoms with Gasteiger partial charge in [0.2, 0.25) is 6.41 Å². The average molecular weight is 179 g/mol. The predicted octanol–water partition coefficient (Wildman–Crippen LogP) is 0.469. The number of nitrogens with one attached hydrogen (secondary N) is 3. The van der Waals surface area contributed by atoms with Crippen LogP contribution in [0, 0.1) is 0 Å². The lowest BCUT2D eigenvalue weighted by molar-refractivity contribution is -0.110. The van der Waals surface area contributed by atoms with Gasteiger partial charge in [0.1, 0.15) is 0 Å². The molecule has 1 aromatic rings. The monoisotopic (exact) mass is 179 g/mol. The molecule has 13 heavy (non-hydrogen) atoms. The smallest absolute Gasteiger partial charge is 0.307 e. The Morgan fingerprint density at radius 1 is 1.23 bits per heavy atom. The summed E-state index contributed by atoms with van der Waals surface area (Å²) in [5, 5.41) is 2.51. The lowest BCUT2D eigenvalue weighted by Crippen LogP contribution is -2.39. The van der Waals surface area contributed by atoms with Gasteiger partial charge < -0.3 is 5.32 Å². The van der Waals surface area contributed by atoms with Crippen molar-refractivity contribution >= 4 is 18.1 Å². The van der Waals surface area contributed by atoms with Crippen LogP contribution in [0.25, 0.3) is 0 Å². The zero-order chi connectivity index (χ0) is 9.52. The third-order valence-corrected chi connectivity index (χ3v) is 1.28. The van der Waals surface area contributed by atoms with Crippen LogP contribution in [-0.4, -0.2) is 12.4 Å². The van der Waals surface area contributed by atoms with E-state index in [1.54, 1.807) is 24.3 Å². The Labute approximate surface area is 75.1 Å². The number of anilines is 1. The van der Waals surface area contributed by atoms with Crippen LogP contribution in [0.5, 0.6) is 0 Å². The number of carbonyl (C=O) groups is 2. The zero-order valence-electron chi connectivity index (χ0n) is 6.78. The molecule has 0 aliphatic heterocycles. The highest BCUT2D eigenvalue weighted by molar-refractivity contribution is 5.89. The second-order valence-corrected chi connectivity index (χ2v) is 2.21. The van der Waals surface area contributed by atoms with Gasteiger partial charge in [-0.25, -0.2) is 10.2 Å². The fourth-order valence-corrected chi connectivity index (χ4v) is 0.779. The van der Waals surface area contributed by atoms with Crippen molar-refractivity contribution < 1.29 is 9.59 Å². The Balaban J connectivity index is 2.41. The maximum absolute atomic E-state index is 10.9. The molecule has 3 amide bonds. The third kappa shape index (κ3) is 3.24. The van der Waals surface area contributed by atoms with Crippen LogP contribution < -0.4 is 16.2 Å². The second-order valence-electron chi connectivity index (χ2n) is 2.21. The van der Waals surface area contributed by atoms with Crippen LogP contribution in [0.4, 0.5) is 10.5 Å². The summed E-state index contributed by atoms with van der Waals surface area (Å²) in [4.78, 5) is 20.7. The van der Waals surface area contributed by atoms with E-state index in [4.69, 9.17) is 0 Å². The van der Waals surface area contributed by atoms with Gasteiger partial charge in [-0.3, -0.25) is 10.2 Å². The molecule has 1 aromatic carbocycles. The number of urea groups is 1. The molecular weight excluding hydrogens is 170 g/mol. The molecule has 0 saturated heterocycles. The molecule has 0 unspecified atom stereocenters. The number of rotatable bonds is 3. The first kappa shape index (κ1) is 9.05. The minimum atomic E-state index is -0.488. The van der Waals surface area contributed by atoms with Gasteiger partial charge in [-0.2, -0.15) is 0 Å². The molecule has 0 atom stereocenters. The van der Waals surface area contributed by atoms with Gasteiger partial charge in [0, 0.05) is 5.69 Å². The maximum atomic E-state index is 10.9. The quantitative estimate of drug-likeness (QED) is 0.466. The normalized spacial score (nSPS) is 8.62.